The first-order valence-corrected chi connectivity index (χ1v) is 7.52. The zero-order valence-corrected chi connectivity index (χ0v) is 13.6. The fourth-order valence-corrected chi connectivity index (χ4v) is 2.88. The predicted octanol–water partition coefficient (Wildman–Crippen LogP) is 3.70. The van der Waals surface area contributed by atoms with Gasteiger partial charge < -0.3 is 5.73 Å². The van der Waals surface area contributed by atoms with Gasteiger partial charge in [0.15, 0.2) is 0 Å². The maximum atomic E-state index is 5.64. The first-order chi connectivity index (χ1) is 9.99. The number of hydrogen-bond acceptors (Lipinski definition) is 2. The zero-order valence-electron chi connectivity index (χ0n) is 13.6. The Hall–Kier alpha value is -1.64. The molecule has 0 atom stereocenters. The normalized spacial score (nSPS) is 11.1. The van der Waals surface area contributed by atoms with Gasteiger partial charge >= 0.3 is 0 Å². The lowest BCUT2D eigenvalue weighted by atomic mass is 9.99. The minimum Gasteiger partial charge on any atom is -0.326 e. The lowest BCUT2D eigenvalue weighted by Crippen LogP contribution is -2.18. The summed E-state index contributed by atoms with van der Waals surface area (Å²) >= 11 is 0. The van der Waals surface area contributed by atoms with Crippen LogP contribution >= 0.6 is 0 Å². The fraction of sp³-hybridized carbons (Fsp3) is 0.368. The molecule has 0 aliphatic carbocycles. The van der Waals surface area contributed by atoms with Crippen molar-refractivity contribution in [1.82, 2.24) is 4.90 Å². The Labute approximate surface area is 128 Å². The molecule has 2 N–H and O–H groups in total. The molecule has 0 unspecified atom stereocenters. The SMILES string of the molecule is Cc1cc(C)c(CN(C)Cc2ccc(CN)cc2)c(C)c1. The largest absolute Gasteiger partial charge is 0.326 e. The van der Waals surface area contributed by atoms with E-state index in [0.717, 1.165) is 13.1 Å². The lowest BCUT2D eigenvalue weighted by molar-refractivity contribution is 0.317. The van der Waals surface area contributed by atoms with Crippen LogP contribution in [0.3, 0.4) is 0 Å². The molecule has 2 aromatic rings. The topological polar surface area (TPSA) is 29.3 Å². The second kappa shape index (κ2) is 6.88. The summed E-state index contributed by atoms with van der Waals surface area (Å²) in [4.78, 5) is 2.36. The van der Waals surface area contributed by atoms with Crippen molar-refractivity contribution in [3.63, 3.8) is 0 Å². The molecular formula is C19H26N2. The van der Waals surface area contributed by atoms with Crippen molar-refractivity contribution in [2.24, 2.45) is 5.73 Å². The first-order valence-electron chi connectivity index (χ1n) is 7.52. The highest BCUT2D eigenvalue weighted by Gasteiger charge is 2.08. The molecule has 0 aliphatic heterocycles. The van der Waals surface area contributed by atoms with Gasteiger partial charge in [-0.1, -0.05) is 42.0 Å². The Morgan fingerprint density at radius 2 is 1.38 bits per heavy atom. The third-order valence-corrected chi connectivity index (χ3v) is 3.98. The molecule has 2 aromatic carbocycles. The van der Waals surface area contributed by atoms with E-state index in [1.807, 2.05) is 0 Å². The Morgan fingerprint density at radius 1 is 0.857 bits per heavy atom. The number of hydrogen-bond donors (Lipinski definition) is 1. The minimum absolute atomic E-state index is 0.609. The molecule has 21 heavy (non-hydrogen) atoms. The summed E-state index contributed by atoms with van der Waals surface area (Å²) in [5, 5.41) is 0. The van der Waals surface area contributed by atoms with Crippen LogP contribution in [0, 0.1) is 20.8 Å². The molecule has 0 saturated carbocycles. The van der Waals surface area contributed by atoms with Crippen LogP contribution < -0.4 is 5.73 Å². The van der Waals surface area contributed by atoms with Gasteiger partial charge in [0.25, 0.3) is 0 Å². The zero-order chi connectivity index (χ0) is 15.4. The van der Waals surface area contributed by atoms with E-state index in [1.165, 1.54) is 33.4 Å². The molecule has 2 rings (SSSR count). The molecule has 112 valence electrons. The molecule has 0 aromatic heterocycles. The molecule has 0 spiro atoms. The molecule has 0 radical (unpaired) electrons. The highest BCUT2D eigenvalue weighted by molar-refractivity contribution is 5.37. The van der Waals surface area contributed by atoms with Gasteiger partial charge in [-0.15, -0.1) is 0 Å². The number of aryl methyl sites for hydroxylation is 3. The summed E-state index contributed by atoms with van der Waals surface area (Å²) in [6.07, 6.45) is 0. The number of benzene rings is 2. The average Bonchev–Trinajstić information content (AvgIpc) is 2.43. The minimum atomic E-state index is 0.609. The predicted molar refractivity (Wildman–Crippen MR) is 90.2 cm³/mol. The molecule has 2 nitrogen and oxygen atoms in total. The van der Waals surface area contributed by atoms with Gasteiger partial charge in [-0.2, -0.15) is 0 Å². The van der Waals surface area contributed by atoms with Gasteiger partial charge in [0.05, 0.1) is 0 Å². The van der Waals surface area contributed by atoms with E-state index in [9.17, 15) is 0 Å². The third kappa shape index (κ3) is 4.16. The summed E-state index contributed by atoms with van der Waals surface area (Å²) in [6.45, 7) is 9.12. The van der Waals surface area contributed by atoms with Gasteiger partial charge in [0, 0.05) is 19.6 Å². The van der Waals surface area contributed by atoms with Gasteiger partial charge in [-0.3, -0.25) is 4.90 Å². The van der Waals surface area contributed by atoms with Gasteiger partial charge in [-0.05, 0) is 55.6 Å². The molecule has 0 bridgehead atoms. The van der Waals surface area contributed by atoms with E-state index in [4.69, 9.17) is 5.73 Å². The van der Waals surface area contributed by atoms with Crippen molar-refractivity contribution in [3.8, 4) is 0 Å². The monoisotopic (exact) mass is 282 g/mol. The van der Waals surface area contributed by atoms with Crippen LogP contribution in [0.4, 0.5) is 0 Å². The highest BCUT2D eigenvalue weighted by atomic mass is 15.1. The molecule has 0 aliphatic rings. The number of rotatable bonds is 5. The van der Waals surface area contributed by atoms with E-state index >= 15 is 0 Å². The maximum absolute atomic E-state index is 5.64. The second-order valence-corrected chi connectivity index (χ2v) is 6.07. The van der Waals surface area contributed by atoms with Crippen molar-refractivity contribution >= 4 is 0 Å². The Kier molecular flexibility index (Phi) is 5.16. The van der Waals surface area contributed by atoms with E-state index in [2.05, 4.69) is 69.1 Å². The molecule has 0 saturated heterocycles. The van der Waals surface area contributed by atoms with Crippen molar-refractivity contribution in [2.75, 3.05) is 7.05 Å². The Bertz CT molecular complexity index is 576. The Balaban J connectivity index is 2.06. The van der Waals surface area contributed by atoms with Crippen LogP contribution in [-0.4, -0.2) is 11.9 Å². The highest BCUT2D eigenvalue weighted by Crippen LogP contribution is 2.19. The molecule has 0 fully saturated rings. The molecule has 2 heteroatoms. The first kappa shape index (κ1) is 15.7. The number of nitrogens with zero attached hydrogens (tertiary/aromatic N) is 1. The van der Waals surface area contributed by atoms with Gasteiger partial charge in [0.2, 0.25) is 0 Å². The molecular weight excluding hydrogens is 256 g/mol. The summed E-state index contributed by atoms with van der Waals surface area (Å²) in [5.74, 6) is 0. The van der Waals surface area contributed by atoms with Gasteiger partial charge in [0.1, 0.15) is 0 Å². The van der Waals surface area contributed by atoms with Crippen molar-refractivity contribution in [2.45, 2.75) is 40.4 Å². The van der Waals surface area contributed by atoms with Crippen molar-refractivity contribution < 1.29 is 0 Å². The van der Waals surface area contributed by atoms with E-state index < -0.39 is 0 Å². The number of nitrogens with two attached hydrogens (primary N) is 1. The van der Waals surface area contributed by atoms with E-state index in [0.29, 0.717) is 6.54 Å². The second-order valence-electron chi connectivity index (χ2n) is 6.07. The molecule has 0 heterocycles. The smallest absolute Gasteiger partial charge is 0.0239 e. The summed E-state index contributed by atoms with van der Waals surface area (Å²) < 4.78 is 0. The van der Waals surface area contributed by atoms with Gasteiger partial charge in [-0.25, -0.2) is 0 Å². The van der Waals surface area contributed by atoms with Crippen LogP contribution in [-0.2, 0) is 19.6 Å². The van der Waals surface area contributed by atoms with E-state index in [1.54, 1.807) is 0 Å². The lowest BCUT2D eigenvalue weighted by Gasteiger charge is -2.20. The average molecular weight is 282 g/mol. The standard InChI is InChI=1S/C19H26N2/c1-14-9-15(2)19(16(3)10-14)13-21(4)12-18-7-5-17(11-20)6-8-18/h5-10H,11-13,20H2,1-4H3. The van der Waals surface area contributed by atoms with Crippen molar-refractivity contribution in [3.05, 3.63) is 69.8 Å². The summed E-state index contributed by atoms with van der Waals surface area (Å²) in [5.41, 5.74) is 13.7. The van der Waals surface area contributed by atoms with Crippen LogP contribution in [0.2, 0.25) is 0 Å². The maximum Gasteiger partial charge on any atom is 0.0239 e. The third-order valence-electron chi connectivity index (χ3n) is 3.98. The quantitative estimate of drug-likeness (QED) is 0.906. The Morgan fingerprint density at radius 3 is 1.90 bits per heavy atom. The van der Waals surface area contributed by atoms with Crippen molar-refractivity contribution in [1.29, 1.82) is 0 Å². The van der Waals surface area contributed by atoms with Crippen LogP contribution in [0.1, 0.15) is 33.4 Å². The fourth-order valence-electron chi connectivity index (χ4n) is 2.88. The van der Waals surface area contributed by atoms with Crippen LogP contribution in [0.15, 0.2) is 36.4 Å². The van der Waals surface area contributed by atoms with E-state index in [-0.39, 0.29) is 0 Å². The van der Waals surface area contributed by atoms with Crippen LogP contribution in [0.5, 0.6) is 0 Å². The summed E-state index contributed by atoms with van der Waals surface area (Å²) in [7, 11) is 2.18. The molecule has 0 amide bonds. The summed E-state index contributed by atoms with van der Waals surface area (Å²) in [6, 6.07) is 13.1. The van der Waals surface area contributed by atoms with Crippen LogP contribution in [0.25, 0.3) is 0 Å².